The molecule has 1 N–H and O–H groups in total. The quantitative estimate of drug-likeness (QED) is 0.461. The number of aryl methyl sites for hydroxylation is 2. The third-order valence-corrected chi connectivity index (χ3v) is 8.48. The largest absolute Gasteiger partial charge is 0.352 e. The predicted molar refractivity (Wildman–Crippen MR) is 149 cm³/mol. The first-order valence-corrected chi connectivity index (χ1v) is 15.0. The fraction of sp³-hybridized carbons (Fsp3) is 0.517. The van der Waals surface area contributed by atoms with E-state index in [2.05, 4.69) is 5.32 Å². The number of nitrogens with one attached hydrogen (secondary N) is 1. The highest BCUT2D eigenvalue weighted by Gasteiger charge is 2.29. The normalized spacial score (nSPS) is 14.8. The maximum atomic E-state index is 13.5. The topological polar surface area (TPSA) is 86.8 Å². The second-order valence-electron chi connectivity index (χ2n) is 10.3. The Balaban J connectivity index is 1.74. The highest BCUT2D eigenvalue weighted by atomic mass is 32.2. The minimum atomic E-state index is -3.53. The van der Waals surface area contributed by atoms with Crippen LogP contribution in [0.4, 0.5) is 5.69 Å². The highest BCUT2D eigenvalue weighted by Crippen LogP contribution is 2.26. The van der Waals surface area contributed by atoms with E-state index in [0.29, 0.717) is 18.7 Å². The van der Waals surface area contributed by atoms with Gasteiger partial charge in [-0.1, -0.05) is 54.8 Å². The van der Waals surface area contributed by atoms with E-state index in [4.69, 9.17) is 0 Å². The van der Waals surface area contributed by atoms with Gasteiger partial charge in [-0.2, -0.15) is 0 Å². The van der Waals surface area contributed by atoms with Crippen LogP contribution in [0, 0.1) is 20.8 Å². The Kier molecular flexibility index (Phi) is 9.76. The van der Waals surface area contributed by atoms with Gasteiger partial charge in [0.1, 0.15) is 6.04 Å². The molecule has 2 aromatic rings. The number of carbonyl (C=O) groups excluding carboxylic acids is 2. The second-order valence-corrected chi connectivity index (χ2v) is 12.2. The molecule has 1 aliphatic carbocycles. The van der Waals surface area contributed by atoms with Crippen LogP contribution in [0.5, 0.6) is 0 Å². The van der Waals surface area contributed by atoms with E-state index in [1.807, 2.05) is 57.2 Å². The van der Waals surface area contributed by atoms with Crippen LogP contribution < -0.4 is 9.62 Å². The lowest BCUT2D eigenvalue weighted by atomic mass is 10.1. The van der Waals surface area contributed by atoms with E-state index < -0.39 is 16.1 Å². The number of amides is 2. The summed E-state index contributed by atoms with van der Waals surface area (Å²) in [6.07, 6.45) is 5.86. The lowest BCUT2D eigenvalue weighted by molar-refractivity contribution is -0.141. The minimum Gasteiger partial charge on any atom is -0.352 e. The van der Waals surface area contributed by atoms with Gasteiger partial charge in [-0.3, -0.25) is 13.9 Å². The summed E-state index contributed by atoms with van der Waals surface area (Å²) < 4.78 is 26.6. The molecule has 7 nitrogen and oxygen atoms in total. The standard InChI is InChI=1S/C29H41N3O4S/c1-21-11-8-13-25(19-21)20-31(24(4)29(34)30-26-14-6-7-15-26)28(33)17-10-18-32(37(5,35)36)27-16-9-12-22(2)23(27)3/h8-9,11-13,16,19,24,26H,6-7,10,14-15,17-18,20H2,1-5H3,(H,30,34)/t24-/m1/s1. The first-order valence-electron chi connectivity index (χ1n) is 13.2. The molecule has 8 heteroatoms. The van der Waals surface area contributed by atoms with Crippen molar-refractivity contribution in [2.75, 3.05) is 17.1 Å². The summed E-state index contributed by atoms with van der Waals surface area (Å²) in [4.78, 5) is 28.2. The van der Waals surface area contributed by atoms with Gasteiger partial charge in [0, 0.05) is 25.6 Å². The van der Waals surface area contributed by atoms with Gasteiger partial charge < -0.3 is 10.2 Å². The lowest BCUT2D eigenvalue weighted by Crippen LogP contribution is -2.49. The minimum absolute atomic E-state index is 0.138. The Bertz CT molecular complexity index is 1210. The number of carbonyl (C=O) groups is 2. The van der Waals surface area contributed by atoms with Crippen molar-refractivity contribution >= 4 is 27.5 Å². The van der Waals surface area contributed by atoms with Crippen molar-refractivity contribution in [2.45, 2.75) is 84.8 Å². The van der Waals surface area contributed by atoms with Gasteiger partial charge in [-0.05, 0) is 69.7 Å². The van der Waals surface area contributed by atoms with Gasteiger partial charge in [0.2, 0.25) is 21.8 Å². The van der Waals surface area contributed by atoms with E-state index in [0.717, 1.165) is 47.9 Å². The first-order chi connectivity index (χ1) is 17.5. The van der Waals surface area contributed by atoms with Crippen LogP contribution >= 0.6 is 0 Å². The summed E-state index contributed by atoms with van der Waals surface area (Å²) in [6.45, 7) is 8.14. The molecule has 0 aliphatic heterocycles. The molecular weight excluding hydrogens is 486 g/mol. The zero-order chi connectivity index (χ0) is 27.2. The Morgan fingerprint density at radius 2 is 1.73 bits per heavy atom. The van der Waals surface area contributed by atoms with E-state index in [1.165, 1.54) is 10.6 Å². The molecule has 2 aromatic carbocycles. The highest BCUT2D eigenvalue weighted by molar-refractivity contribution is 7.92. The average Bonchev–Trinajstić information content (AvgIpc) is 3.34. The molecule has 0 bridgehead atoms. The third-order valence-electron chi connectivity index (χ3n) is 7.30. The number of rotatable bonds is 11. The molecular formula is C29H41N3O4S. The van der Waals surface area contributed by atoms with Crippen molar-refractivity contribution in [2.24, 2.45) is 0 Å². The summed E-state index contributed by atoms with van der Waals surface area (Å²) in [5.74, 6) is -0.300. The molecule has 1 saturated carbocycles. The molecule has 0 saturated heterocycles. The van der Waals surface area contributed by atoms with Gasteiger partial charge >= 0.3 is 0 Å². The molecule has 0 heterocycles. The van der Waals surface area contributed by atoms with Crippen molar-refractivity contribution in [1.82, 2.24) is 10.2 Å². The van der Waals surface area contributed by atoms with Crippen LogP contribution in [0.2, 0.25) is 0 Å². The SMILES string of the molecule is Cc1cccc(CN(C(=O)CCCN(c2cccc(C)c2C)S(C)(=O)=O)[C@H](C)C(=O)NC2CCCC2)c1. The molecule has 3 rings (SSSR count). The first kappa shape index (κ1) is 28.7. The van der Waals surface area contributed by atoms with Crippen LogP contribution in [0.15, 0.2) is 42.5 Å². The van der Waals surface area contributed by atoms with Crippen LogP contribution in [-0.4, -0.2) is 50.0 Å². The zero-order valence-electron chi connectivity index (χ0n) is 22.8. The molecule has 1 fully saturated rings. The number of nitrogens with zero attached hydrogens (tertiary/aromatic N) is 2. The number of hydrogen-bond acceptors (Lipinski definition) is 4. The van der Waals surface area contributed by atoms with Gasteiger partial charge in [0.25, 0.3) is 0 Å². The maximum Gasteiger partial charge on any atom is 0.242 e. The number of benzene rings is 2. The predicted octanol–water partition coefficient (Wildman–Crippen LogP) is 4.63. The lowest BCUT2D eigenvalue weighted by Gasteiger charge is -2.30. The molecule has 37 heavy (non-hydrogen) atoms. The van der Waals surface area contributed by atoms with E-state index in [1.54, 1.807) is 17.9 Å². The number of anilines is 1. The fourth-order valence-corrected chi connectivity index (χ4v) is 5.99. The monoisotopic (exact) mass is 527 g/mol. The zero-order valence-corrected chi connectivity index (χ0v) is 23.6. The van der Waals surface area contributed by atoms with Gasteiger partial charge in [0.15, 0.2) is 0 Å². The van der Waals surface area contributed by atoms with Gasteiger partial charge in [-0.15, -0.1) is 0 Å². The van der Waals surface area contributed by atoms with Gasteiger partial charge in [-0.25, -0.2) is 8.42 Å². The van der Waals surface area contributed by atoms with E-state index >= 15 is 0 Å². The Hall–Kier alpha value is -2.87. The van der Waals surface area contributed by atoms with Crippen LogP contribution in [0.3, 0.4) is 0 Å². The van der Waals surface area contributed by atoms with Crippen molar-refractivity contribution < 1.29 is 18.0 Å². The Morgan fingerprint density at radius 1 is 1.05 bits per heavy atom. The van der Waals surface area contributed by atoms with Crippen LogP contribution in [0.25, 0.3) is 0 Å². The number of hydrogen-bond donors (Lipinski definition) is 1. The van der Waals surface area contributed by atoms with Crippen LogP contribution in [-0.2, 0) is 26.2 Å². The van der Waals surface area contributed by atoms with Crippen LogP contribution in [0.1, 0.15) is 67.7 Å². The molecule has 0 radical (unpaired) electrons. The van der Waals surface area contributed by atoms with Crippen molar-refractivity contribution in [3.63, 3.8) is 0 Å². The summed E-state index contributed by atoms with van der Waals surface area (Å²) in [7, 11) is -3.53. The molecule has 1 atom stereocenters. The van der Waals surface area contributed by atoms with Gasteiger partial charge in [0.05, 0.1) is 11.9 Å². The molecule has 0 spiro atoms. The Labute approximate surface area is 222 Å². The van der Waals surface area contributed by atoms with E-state index in [9.17, 15) is 18.0 Å². The second kappa shape index (κ2) is 12.6. The Morgan fingerprint density at radius 3 is 2.38 bits per heavy atom. The average molecular weight is 528 g/mol. The van der Waals surface area contributed by atoms with E-state index in [-0.39, 0.29) is 30.8 Å². The maximum absolute atomic E-state index is 13.5. The molecule has 0 unspecified atom stereocenters. The molecule has 1 aliphatic rings. The summed E-state index contributed by atoms with van der Waals surface area (Å²) >= 11 is 0. The number of sulfonamides is 1. The summed E-state index contributed by atoms with van der Waals surface area (Å²) in [5.41, 5.74) is 4.59. The smallest absolute Gasteiger partial charge is 0.242 e. The molecule has 0 aromatic heterocycles. The molecule has 202 valence electrons. The van der Waals surface area contributed by atoms with Crippen molar-refractivity contribution in [3.8, 4) is 0 Å². The molecule has 2 amide bonds. The third kappa shape index (κ3) is 7.81. The summed E-state index contributed by atoms with van der Waals surface area (Å²) in [6, 6.07) is 13.1. The fourth-order valence-electron chi connectivity index (χ4n) is 4.97. The van der Waals surface area contributed by atoms with Crippen molar-refractivity contribution in [1.29, 1.82) is 0 Å². The summed E-state index contributed by atoms with van der Waals surface area (Å²) in [5, 5.41) is 3.12. The van der Waals surface area contributed by atoms with Crippen molar-refractivity contribution in [3.05, 3.63) is 64.7 Å².